The van der Waals surface area contributed by atoms with E-state index in [1.165, 1.54) is 31.5 Å². The number of rotatable bonds is 4. The Bertz CT molecular complexity index is 311. The van der Waals surface area contributed by atoms with Gasteiger partial charge < -0.3 is 5.32 Å². The largest absolute Gasteiger partial charge is 0.367 e. The summed E-state index contributed by atoms with van der Waals surface area (Å²) in [7, 11) is 2.00. The van der Waals surface area contributed by atoms with Gasteiger partial charge in [-0.25, -0.2) is 0 Å². The van der Waals surface area contributed by atoms with Crippen LogP contribution in [-0.4, -0.2) is 15.8 Å². The zero-order chi connectivity index (χ0) is 9.54. The van der Waals surface area contributed by atoms with Crippen molar-refractivity contribution < 1.29 is 0 Å². The second-order valence-corrected chi connectivity index (χ2v) is 4.69. The van der Waals surface area contributed by atoms with Crippen LogP contribution in [0.1, 0.15) is 25.7 Å². The van der Waals surface area contributed by atoms with Gasteiger partial charge in [0.05, 0.1) is 6.20 Å². The van der Waals surface area contributed by atoms with Gasteiger partial charge in [0.15, 0.2) is 0 Å². The second-order valence-electron chi connectivity index (χ2n) is 4.69. The van der Waals surface area contributed by atoms with E-state index in [0.29, 0.717) is 0 Å². The summed E-state index contributed by atoms with van der Waals surface area (Å²) < 4.78 is 1.93. The molecule has 1 aromatic rings. The van der Waals surface area contributed by atoms with E-state index in [-0.39, 0.29) is 0 Å². The number of anilines is 1. The van der Waals surface area contributed by atoms with Crippen LogP contribution in [0.5, 0.6) is 0 Å². The molecule has 1 heterocycles. The van der Waals surface area contributed by atoms with E-state index >= 15 is 0 Å². The molecule has 0 atom stereocenters. The zero-order valence-electron chi connectivity index (χ0n) is 8.61. The minimum Gasteiger partial charge on any atom is -0.367 e. The number of aryl methyl sites for hydroxylation is 1. The lowest BCUT2D eigenvalue weighted by Crippen LogP contribution is -2.25. The Morgan fingerprint density at radius 3 is 2.43 bits per heavy atom. The minimum atomic E-state index is 0.727. The van der Waals surface area contributed by atoms with Gasteiger partial charge in [0.25, 0.3) is 0 Å². The van der Waals surface area contributed by atoms with Crippen molar-refractivity contribution in [3.8, 4) is 0 Å². The normalized spacial score (nSPS) is 21.6. The van der Waals surface area contributed by atoms with Crippen molar-refractivity contribution in [2.24, 2.45) is 18.9 Å². The van der Waals surface area contributed by atoms with Gasteiger partial charge >= 0.3 is 0 Å². The van der Waals surface area contributed by atoms with E-state index in [4.69, 9.17) is 0 Å². The second kappa shape index (κ2) is 3.01. The fourth-order valence-corrected chi connectivity index (χ4v) is 2.22. The highest BCUT2D eigenvalue weighted by Gasteiger charge is 2.41. The molecule has 0 spiro atoms. The van der Waals surface area contributed by atoms with Crippen LogP contribution in [0.3, 0.4) is 0 Å². The summed E-state index contributed by atoms with van der Waals surface area (Å²) in [5.74, 6) is 3.06. The lowest BCUT2D eigenvalue weighted by atomic mass is 10.1. The van der Waals surface area contributed by atoms with Crippen LogP contribution < -0.4 is 5.32 Å². The van der Waals surface area contributed by atoms with Crippen LogP contribution >= 0.6 is 0 Å². The first kappa shape index (κ1) is 8.33. The summed E-state index contributed by atoms with van der Waals surface area (Å²) in [5, 5.41) is 7.83. The Morgan fingerprint density at radius 2 is 2.00 bits per heavy atom. The van der Waals surface area contributed by atoms with Crippen LogP contribution in [0, 0.1) is 11.8 Å². The van der Waals surface area contributed by atoms with Crippen molar-refractivity contribution in [2.75, 3.05) is 5.32 Å². The molecule has 76 valence electrons. The van der Waals surface area contributed by atoms with Gasteiger partial charge in [0.2, 0.25) is 0 Å². The smallest absolute Gasteiger partial charge is 0.124 e. The Balaban J connectivity index is 1.71. The number of hydrogen-bond acceptors (Lipinski definition) is 2. The lowest BCUT2D eigenvalue weighted by molar-refractivity contribution is 0.560. The van der Waals surface area contributed by atoms with E-state index < -0.39 is 0 Å². The van der Waals surface area contributed by atoms with Gasteiger partial charge in [-0.05, 0) is 37.5 Å². The van der Waals surface area contributed by atoms with Gasteiger partial charge in [0.1, 0.15) is 5.82 Å². The topological polar surface area (TPSA) is 29.9 Å². The van der Waals surface area contributed by atoms with E-state index in [9.17, 15) is 0 Å². The van der Waals surface area contributed by atoms with Gasteiger partial charge in [-0.15, -0.1) is 0 Å². The standard InChI is InChI=1S/C11H17N3/c1-14-10(6-7-12-14)13-11(8-2-3-8)9-4-5-9/h6-9,11,13H,2-5H2,1H3. The molecule has 3 heteroatoms. The first-order valence-electron chi connectivity index (χ1n) is 5.59. The monoisotopic (exact) mass is 191 g/mol. The van der Waals surface area contributed by atoms with E-state index in [1.54, 1.807) is 0 Å². The Kier molecular flexibility index (Phi) is 1.79. The van der Waals surface area contributed by atoms with Crippen molar-refractivity contribution in [1.82, 2.24) is 9.78 Å². The Hall–Kier alpha value is -0.990. The number of nitrogens with one attached hydrogen (secondary N) is 1. The minimum absolute atomic E-state index is 0.727. The first-order chi connectivity index (χ1) is 6.84. The van der Waals surface area contributed by atoms with Crippen molar-refractivity contribution in [2.45, 2.75) is 31.7 Å². The first-order valence-corrected chi connectivity index (χ1v) is 5.59. The van der Waals surface area contributed by atoms with Gasteiger partial charge in [-0.2, -0.15) is 5.10 Å². The SMILES string of the molecule is Cn1nccc1NC(C1CC1)C1CC1. The van der Waals surface area contributed by atoms with Gasteiger partial charge in [0, 0.05) is 19.2 Å². The van der Waals surface area contributed by atoms with Gasteiger partial charge in [-0.1, -0.05) is 0 Å². The fraction of sp³-hybridized carbons (Fsp3) is 0.727. The molecule has 2 fully saturated rings. The third-order valence-corrected chi connectivity index (χ3v) is 3.40. The summed E-state index contributed by atoms with van der Waals surface area (Å²) in [5.41, 5.74) is 0. The third kappa shape index (κ3) is 1.51. The van der Waals surface area contributed by atoms with Gasteiger partial charge in [-0.3, -0.25) is 4.68 Å². The molecule has 0 aliphatic heterocycles. The molecule has 0 bridgehead atoms. The summed E-state index contributed by atoms with van der Waals surface area (Å²) in [4.78, 5) is 0. The average molecular weight is 191 g/mol. The Labute approximate surface area is 84.5 Å². The van der Waals surface area contributed by atoms with E-state index in [0.717, 1.165) is 17.9 Å². The third-order valence-electron chi connectivity index (χ3n) is 3.40. The van der Waals surface area contributed by atoms with Crippen molar-refractivity contribution in [3.05, 3.63) is 12.3 Å². The molecule has 3 nitrogen and oxygen atoms in total. The molecule has 0 saturated heterocycles. The molecule has 14 heavy (non-hydrogen) atoms. The highest BCUT2D eigenvalue weighted by Crippen LogP contribution is 2.45. The predicted molar refractivity (Wildman–Crippen MR) is 56.1 cm³/mol. The number of aromatic nitrogens is 2. The average Bonchev–Trinajstić information content (AvgIpc) is 3.05. The van der Waals surface area contributed by atoms with Crippen LogP contribution in [0.2, 0.25) is 0 Å². The van der Waals surface area contributed by atoms with Crippen molar-refractivity contribution >= 4 is 5.82 Å². The maximum atomic E-state index is 4.18. The maximum absolute atomic E-state index is 4.18. The quantitative estimate of drug-likeness (QED) is 0.789. The zero-order valence-corrected chi connectivity index (χ0v) is 8.61. The van der Waals surface area contributed by atoms with Crippen LogP contribution in [0.15, 0.2) is 12.3 Å². The molecule has 2 aliphatic carbocycles. The summed E-state index contributed by atoms with van der Waals surface area (Å²) in [6.07, 6.45) is 7.55. The van der Waals surface area contributed by atoms with Crippen molar-refractivity contribution in [3.63, 3.8) is 0 Å². The van der Waals surface area contributed by atoms with Crippen molar-refractivity contribution in [1.29, 1.82) is 0 Å². The lowest BCUT2D eigenvalue weighted by Gasteiger charge is -2.18. The molecule has 0 radical (unpaired) electrons. The molecular formula is C11H17N3. The number of hydrogen-bond donors (Lipinski definition) is 1. The molecule has 0 aromatic carbocycles. The summed E-state index contributed by atoms with van der Waals surface area (Å²) in [6.45, 7) is 0. The summed E-state index contributed by atoms with van der Waals surface area (Å²) >= 11 is 0. The summed E-state index contributed by atoms with van der Waals surface area (Å²) in [6, 6.07) is 2.79. The molecular weight excluding hydrogens is 174 g/mol. The van der Waals surface area contributed by atoms with Crippen LogP contribution in [0.4, 0.5) is 5.82 Å². The van der Waals surface area contributed by atoms with E-state index in [2.05, 4.69) is 16.5 Å². The molecule has 1 N–H and O–H groups in total. The number of nitrogens with zero attached hydrogens (tertiary/aromatic N) is 2. The Morgan fingerprint density at radius 1 is 1.36 bits per heavy atom. The molecule has 2 saturated carbocycles. The highest BCUT2D eigenvalue weighted by atomic mass is 15.3. The molecule has 0 amide bonds. The fourth-order valence-electron chi connectivity index (χ4n) is 2.22. The highest BCUT2D eigenvalue weighted by molar-refractivity contribution is 5.36. The predicted octanol–water partition coefficient (Wildman–Crippen LogP) is 2.02. The molecule has 2 aliphatic rings. The van der Waals surface area contributed by atoms with Crippen LogP contribution in [-0.2, 0) is 7.05 Å². The molecule has 1 aromatic heterocycles. The van der Waals surface area contributed by atoms with Crippen LogP contribution in [0.25, 0.3) is 0 Å². The molecule has 0 unspecified atom stereocenters. The van der Waals surface area contributed by atoms with E-state index in [1.807, 2.05) is 17.9 Å². The maximum Gasteiger partial charge on any atom is 0.124 e. The molecule has 3 rings (SSSR count).